The Morgan fingerprint density at radius 3 is 3.16 bits per heavy atom. The minimum Gasteiger partial charge on any atom is -0.492 e. The lowest BCUT2D eigenvalue weighted by Gasteiger charge is -2.11. The van der Waals surface area contributed by atoms with Gasteiger partial charge in [-0.3, -0.25) is 0 Å². The van der Waals surface area contributed by atoms with Crippen molar-refractivity contribution < 1.29 is 9.57 Å². The van der Waals surface area contributed by atoms with Crippen molar-refractivity contribution in [3.8, 4) is 5.75 Å². The fraction of sp³-hybridized carbons (Fsp3) is 0.500. The minimum atomic E-state index is 0. The van der Waals surface area contributed by atoms with Gasteiger partial charge in [0.25, 0.3) is 0 Å². The van der Waals surface area contributed by atoms with Crippen LogP contribution in [0.2, 0.25) is 5.15 Å². The first-order valence-electron chi connectivity index (χ1n) is 5.85. The molecule has 7 heteroatoms. The van der Waals surface area contributed by atoms with Crippen molar-refractivity contribution in [2.75, 3.05) is 26.8 Å². The van der Waals surface area contributed by atoms with Crippen LogP contribution in [0.3, 0.4) is 0 Å². The van der Waals surface area contributed by atoms with E-state index in [1.54, 1.807) is 12.3 Å². The van der Waals surface area contributed by atoms with Gasteiger partial charge in [0.05, 0.1) is 19.0 Å². The van der Waals surface area contributed by atoms with E-state index in [-0.39, 0.29) is 12.4 Å². The number of oxime groups is 1. The molecule has 1 N–H and O–H groups in total. The molecule has 0 spiro atoms. The zero-order valence-corrected chi connectivity index (χ0v) is 12.2. The van der Waals surface area contributed by atoms with Gasteiger partial charge in [0.15, 0.2) is 0 Å². The highest BCUT2D eigenvalue weighted by Crippen LogP contribution is 2.19. The first-order valence-corrected chi connectivity index (χ1v) is 6.23. The topological polar surface area (TPSA) is 55.7 Å². The maximum atomic E-state index is 5.94. The van der Waals surface area contributed by atoms with Gasteiger partial charge >= 0.3 is 0 Å². The summed E-state index contributed by atoms with van der Waals surface area (Å²) in [6.45, 7) is 2.77. The first kappa shape index (κ1) is 16.0. The van der Waals surface area contributed by atoms with Crippen LogP contribution in [0.25, 0.3) is 0 Å². The molecule has 1 aliphatic heterocycles. The number of halogens is 2. The first-order chi connectivity index (χ1) is 8.79. The van der Waals surface area contributed by atoms with E-state index in [9.17, 15) is 0 Å². The minimum absolute atomic E-state index is 0. The molecule has 0 bridgehead atoms. The molecule has 1 aromatic rings. The molecule has 0 unspecified atom stereocenters. The second-order valence-corrected chi connectivity index (χ2v) is 4.50. The van der Waals surface area contributed by atoms with Crippen LogP contribution in [0.4, 0.5) is 0 Å². The third kappa shape index (κ3) is 4.86. The zero-order chi connectivity index (χ0) is 12.8. The summed E-state index contributed by atoms with van der Waals surface area (Å²) in [6.07, 6.45) is 4.28. The highest BCUT2D eigenvalue weighted by molar-refractivity contribution is 6.31. The predicted molar refractivity (Wildman–Crippen MR) is 77.6 cm³/mol. The number of pyridine rings is 1. The summed E-state index contributed by atoms with van der Waals surface area (Å²) in [5.41, 5.74) is 0.681. The summed E-state index contributed by atoms with van der Waals surface area (Å²) in [4.78, 5) is 8.67. The molecular weight excluding hydrogens is 289 g/mol. The smallest absolute Gasteiger partial charge is 0.138 e. The quantitative estimate of drug-likeness (QED) is 0.514. The number of hydrogen-bond acceptors (Lipinski definition) is 5. The molecule has 0 amide bonds. The Morgan fingerprint density at radius 2 is 2.47 bits per heavy atom. The maximum Gasteiger partial charge on any atom is 0.138 e. The van der Waals surface area contributed by atoms with Gasteiger partial charge in [-0.05, 0) is 19.0 Å². The average Bonchev–Trinajstić information content (AvgIpc) is 2.89. The molecule has 2 heterocycles. The second-order valence-electron chi connectivity index (χ2n) is 4.14. The Bertz CT molecular complexity index is 423. The van der Waals surface area contributed by atoms with Crippen LogP contribution in [-0.4, -0.2) is 38.0 Å². The van der Waals surface area contributed by atoms with Crippen molar-refractivity contribution in [2.24, 2.45) is 11.1 Å². The molecule has 0 aromatic carbocycles. The van der Waals surface area contributed by atoms with Crippen molar-refractivity contribution in [2.45, 2.75) is 6.42 Å². The highest BCUT2D eigenvalue weighted by Gasteiger charge is 2.15. The van der Waals surface area contributed by atoms with E-state index < -0.39 is 0 Å². The van der Waals surface area contributed by atoms with E-state index in [4.69, 9.17) is 16.3 Å². The molecule has 1 fully saturated rings. The van der Waals surface area contributed by atoms with Crippen LogP contribution in [0.1, 0.15) is 12.0 Å². The van der Waals surface area contributed by atoms with E-state index in [0.717, 1.165) is 19.5 Å². The lowest BCUT2D eigenvalue weighted by atomic mass is 10.1. The molecule has 5 nitrogen and oxygen atoms in total. The molecule has 1 aliphatic rings. The Hall–Kier alpha value is -1.04. The standard InChI is InChI=1S/C12H16ClN3O2.ClH/c1-17-16-6-10-4-11(7-15-12(10)13)18-8-9-2-3-14-5-9;/h4,6-7,9,14H,2-3,5,8H2,1H3;1H/t9-;/m0./s1. The van der Waals surface area contributed by atoms with Crippen LogP contribution in [0.5, 0.6) is 5.75 Å². The van der Waals surface area contributed by atoms with Crippen molar-refractivity contribution in [3.05, 3.63) is 23.0 Å². The van der Waals surface area contributed by atoms with Crippen molar-refractivity contribution >= 4 is 30.2 Å². The fourth-order valence-corrected chi connectivity index (χ4v) is 1.95. The normalized spacial score (nSPS) is 18.3. The maximum absolute atomic E-state index is 5.94. The monoisotopic (exact) mass is 305 g/mol. The zero-order valence-electron chi connectivity index (χ0n) is 10.6. The van der Waals surface area contributed by atoms with Crippen molar-refractivity contribution in [1.29, 1.82) is 0 Å². The summed E-state index contributed by atoms with van der Waals surface area (Å²) in [5, 5.41) is 7.35. The van der Waals surface area contributed by atoms with Gasteiger partial charge < -0.3 is 14.9 Å². The van der Waals surface area contributed by atoms with Gasteiger partial charge in [-0.2, -0.15) is 0 Å². The fourth-order valence-electron chi connectivity index (χ4n) is 1.79. The molecule has 1 atom stereocenters. The third-order valence-corrected chi connectivity index (χ3v) is 3.10. The molecular formula is C12H17Cl2N3O2. The predicted octanol–water partition coefficient (Wildman–Crippen LogP) is 2.13. The van der Waals surface area contributed by atoms with E-state index in [1.165, 1.54) is 13.3 Å². The Balaban J connectivity index is 0.00000180. The third-order valence-electron chi connectivity index (χ3n) is 2.79. The molecule has 19 heavy (non-hydrogen) atoms. The van der Waals surface area contributed by atoms with E-state index in [2.05, 4.69) is 20.3 Å². The van der Waals surface area contributed by atoms with Gasteiger partial charge in [-0.15, -0.1) is 12.4 Å². The van der Waals surface area contributed by atoms with E-state index >= 15 is 0 Å². The van der Waals surface area contributed by atoms with Crippen LogP contribution in [0.15, 0.2) is 17.4 Å². The number of nitrogens with zero attached hydrogens (tertiary/aromatic N) is 2. The lowest BCUT2D eigenvalue weighted by Crippen LogP contribution is -2.15. The van der Waals surface area contributed by atoms with Crippen LogP contribution >= 0.6 is 24.0 Å². The number of hydrogen-bond donors (Lipinski definition) is 1. The van der Waals surface area contributed by atoms with Gasteiger partial charge in [0.1, 0.15) is 18.0 Å². The number of ether oxygens (including phenoxy) is 1. The van der Waals surface area contributed by atoms with Crippen LogP contribution in [0, 0.1) is 5.92 Å². The number of rotatable bonds is 5. The summed E-state index contributed by atoms with van der Waals surface area (Å²) in [5.74, 6) is 1.26. The Kier molecular flexibility index (Phi) is 6.91. The van der Waals surface area contributed by atoms with Crippen molar-refractivity contribution in [1.82, 2.24) is 10.3 Å². The summed E-state index contributed by atoms with van der Waals surface area (Å²) in [7, 11) is 1.48. The molecule has 1 aromatic heterocycles. The molecule has 106 valence electrons. The second kappa shape index (κ2) is 8.19. The van der Waals surface area contributed by atoms with E-state index in [1.807, 2.05) is 0 Å². The number of aromatic nitrogens is 1. The lowest BCUT2D eigenvalue weighted by molar-refractivity contribution is 0.215. The SMILES string of the molecule is CON=Cc1cc(OC[C@H]2CCNC2)cnc1Cl.Cl. The largest absolute Gasteiger partial charge is 0.492 e. The van der Waals surface area contributed by atoms with Crippen molar-refractivity contribution in [3.63, 3.8) is 0 Å². The van der Waals surface area contributed by atoms with Crippen LogP contribution < -0.4 is 10.1 Å². The Morgan fingerprint density at radius 1 is 1.63 bits per heavy atom. The summed E-state index contributed by atoms with van der Waals surface area (Å²) < 4.78 is 5.70. The molecule has 2 rings (SSSR count). The number of nitrogens with one attached hydrogen (secondary N) is 1. The summed E-state index contributed by atoms with van der Waals surface area (Å²) in [6, 6.07) is 1.81. The van der Waals surface area contributed by atoms with Gasteiger partial charge in [0.2, 0.25) is 0 Å². The highest BCUT2D eigenvalue weighted by atomic mass is 35.5. The Labute approximate surface area is 123 Å². The van der Waals surface area contributed by atoms with Gasteiger partial charge in [-0.25, -0.2) is 4.98 Å². The summed E-state index contributed by atoms with van der Waals surface area (Å²) >= 11 is 5.94. The molecule has 0 radical (unpaired) electrons. The van der Waals surface area contributed by atoms with Gasteiger partial charge in [-0.1, -0.05) is 16.8 Å². The molecule has 0 aliphatic carbocycles. The molecule has 1 saturated heterocycles. The average molecular weight is 306 g/mol. The van der Waals surface area contributed by atoms with E-state index in [0.29, 0.717) is 29.0 Å². The van der Waals surface area contributed by atoms with Gasteiger partial charge in [0, 0.05) is 18.0 Å². The van der Waals surface area contributed by atoms with Crippen LogP contribution in [-0.2, 0) is 4.84 Å². The molecule has 0 saturated carbocycles.